The molecule has 6 nitrogen and oxygen atoms in total. The third-order valence-electron chi connectivity index (χ3n) is 4.83. The van der Waals surface area contributed by atoms with Crippen LogP contribution >= 0.6 is 0 Å². The van der Waals surface area contributed by atoms with Crippen LogP contribution < -0.4 is 4.74 Å². The Morgan fingerprint density at radius 1 is 1.21 bits per heavy atom. The Balaban J connectivity index is 1.47. The van der Waals surface area contributed by atoms with Gasteiger partial charge in [0.05, 0.1) is 17.9 Å². The molecule has 2 atom stereocenters. The fourth-order valence-corrected chi connectivity index (χ4v) is 3.39. The average molecular weight is 328 g/mol. The molecule has 0 spiro atoms. The number of methoxy groups -OCH3 is 1. The van der Waals surface area contributed by atoms with Gasteiger partial charge in [0.1, 0.15) is 5.75 Å². The number of benzene rings is 1. The molecule has 1 aliphatic carbocycles. The first-order valence-electron chi connectivity index (χ1n) is 8.59. The summed E-state index contributed by atoms with van der Waals surface area (Å²) in [4.78, 5) is 2.42. The van der Waals surface area contributed by atoms with Gasteiger partial charge in [-0.25, -0.2) is 0 Å². The zero-order valence-electron chi connectivity index (χ0n) is 14.3. The van der Waals surface area contributed by atoms with Crippen molar-refractivity contribution < 1.29 is 9.47 Å². The molecule has 2 fully saturated rings. The summed E-state index contributed by atoms with van der Waals surface area (Å²) >= 11 is 0. The maximum Gasteiger partial charge on any atom is 0.124 e. The van der Waals surface area contributed by atoms with E-state index < -0.39 is 0 Å². The molecule has 0 radical (unpaired) electrons. The van der Waals surface area contributed by atoms with Crippen LogP contribution in [0, 0.1) is 0 Å². The highest BCUT2D eigenvalue weighted by Gasteiger charge is 2.36. The van der Waals surface area contributed by atoms with E-state index >= 15 is 0 Å². The fraction of sp³-hybridized carbons (Fsp3) is 0.556. The van der Waals surface area contributed by atoms with Crippen molar-refractivity contribution in [3.8, 4) is 5.75 Å². The van der Waals surface area contributed by atoms with Crippen molar-refractivity contribution in [3.63, 3.8) is 0 Å². The van der Waals surface area contributed by atoms with Gasteiger partial charge in [-0.2, -0.15) is 0 Å². The van der Waals surface area contributed by atoms with Crippen LogP contribution in [0.25, 0.3) is 0 Å². The third-order valence-corrected chi connectivity index (χ3v) is 4.83. The number of nitrogens with zero attached hydrogens (tertiary/aromatic N) is 4. The SMILES string of the molecule is CO[C@@H]1CN(Cc2ccccc2OC2CC2)C[C@H]1c1cn(C)nn1. The quantitative estimate of drug-likeness (QED) is 0.811. The largest absolute Gasteiger partial charge is 0.490 e. The molecular formula is C18H24N4O2. The van der Waals surface area contributed by atoms with Crippen LogP contribution in [0.4, 0.5) is 0 Å². The summed E-state index contributed by atoms with van der Waals surface area (Å²) in [6, 6.07) is 8.37. The number of hydrogen-bond donors (Lipinski definition) is 0. The Labute approximate surface area is 142 Å². The van der Waals surface area contributed by atoms with Gasteiger partial charge in [0, 0.05) is 51.5 Å². The van der Waals surface area contributed by atoms with Crippen LogP contribution in [0.5, 0.6) is 5.75 Å². The molecule has 0 N–H and O–H groups in total. The third kappa shape index (κ3) is 3.30. The molecule has 0 unspecified atom stereocenters. The second kappa shape index (κ2) is 6.53. The molecule has 1 aromatic heterocycles. The van der Waals surface area contributed by atoms with Gasteiger partial charge in [0.2, 0.25) is 0 Å². The number of hydrogen-bond acceptors (Lipinski definition) is 5. The summed E-state index contributed by atoms with van der Waals surface area (Å²) in [6.45, 7) is 2.70. The molecule has 2 aliphatic rings. The van der Waals surface area contributed by atoms with Gasteiger partial charge in [-0.3, -0.25) is 9.58 Å². The van der Waals surface area contributed by atoms with Crippen LogP contribution in [0.15, 0.2) is 30.5 Å². The van der Waals surface area contributed by atoms with Crippen molar-refractivity contribution in [1.29, 1.82) is 0 Å². The van der Waals surface area contributed by atoms with Gasteiger partial charge in [-0.15, -0.1) is 5.10 Å². The van der Waals surface area contributed by atoms with E-state index in [1.807, 2.05) is 19.3 Å². The smallest absolute Gasteiger partial charge is 0.124 e. The summed E-state index contributed by atoms with van der Waals surface area (Å²) < 4.78 is 13.5. The minimum absolute atomic E-state index is 0.151. The van der Waals surface area contributed by atoms with Gasteiger partial charge in [0.15, 0.2) is 0 Å². The second-order valence-electron chi connectivity index (χ2n) is 6.82. The summed E-state index contributed by atoms with van der Waals surface area (Å²) in [7, 11) is 3.68. The molecular weight excluding hydrogens is 304 g/mol. The lowest BCUT2D eigenvalue weighted by Gasteiger charge is -2.18. The normalized spacial score (nSPS) is 24.4. The number of likely N-dealkylation sites (tertiary alicyclic amines) is 1. The molecule has 1 aromatic carbocycles. The zero-order chi connectivity index (χ0) is 16.5. The summed E-state index contributed by atoms with van der Waals surface area (Å²) in [6.07, 6.45) is 4.92. The Hall–Kier alpha value is -1.92. The predicted octanol–water partition coefficient (Wildman–Crippen LogP) is 1.97. The minimum atomic E-state index is 0.151. The fourth-order valence-electron chi connectivity index (χ4n) is 3.39. The molecule has 2 aromatic rings. The van der Waals surface area contributed by atoms with Crippen molar-refractivity contribution in [3.05, 3.63) is 41.7 Å². The highest BCUT2D eigenvalue weighted by molar-refractivity contribution is 5.34. The summed E-state index contributed by atoms with van der Waals surface area (Å²) in [5.74, 6) is 1.29. The van der Waals surface area contributed by atoms with Crippen LogP contribution in [0.1, 0.15) is 30.0 Å². The Kier molecular flexibility index (Phi) is 4.24. The Bertz CT molecular complexity index is 698. The van der Waals surface area contributed by atoms with Gasteiger partial charge in [-0.05, 0) is 18.9 Å². The molecule has 1 saturated carbocycles. The van der Waals surface area contributed by atoms with E-state index in [1.54, 1.807) is 11.8 Å². The van der Waals surface area contributed by atoms with Crippen LogP contribution in [-0.2, 0) is 18.3 Å². The van der Waals surface area contributed by atoms with E-state index in [0.29, 0.717) is 6.10 Å². The van der Waals surface area contributed by atoms with Gasteiger partial charge in [0.25, 0.3) is 0 Å². The molecule has 1 saturated heterocycles. The number of ether oxygens (including phenoxy) is 2. The predicted molar refractivity (Wildman–Crippen MR) is 89.9 cm³/mol. The van der Waals surface area contributed by atoms with E-state index in [0.717, 1.165) is 31.1 Å². The highest BCUT2D eigenvalue weighted by Crippen LogP contribution is 2.33. The van der Waals surface area contributed by atoms with Gasteiger partial charge < -0.3 is 9.47 Å². The van der Waals surface area contributed by atoms with Crippen LogP contribution in [-0.4, -0.2) is 52.3 Å². The topological polar surface area (TPSA) is 52.4 Å². The molecule has 0 amide bonds. The number of aryl methyl sites for hydroxylation is 1. The Morgan fingerprint density at radius 2 is 2.04 bits per heavy atom. The van der Waals surface area contributed by atoms with E-state index in [4.69, 9.17) is 9.47 Å². The number of para-hydroxylation sites is 1. The molecule has 24 heavy (non-hydrogen) atoms. The van der Waals surface area contributed by atoms with Crippen molar-refractivity contribution in [2.24, 2.45) is 7.05 Å². The molecule has 4 rings (SSSR count). The van der Waals surface area contributed by atoms with E-state index in [2.05, 4.69) is 33.4 Å². The van der Waals surface area contributed by atoms with Crippen molar-refractivity contribution >= 4 is 0 Å². The first-order valence-corrected chi connectivity index (χ1v) is 8.59. The minimum Gasteiger partial charge on any atom is -0.490 e. The summed E-state index contributed by atoms with van der Waals surface area (Å²) in [5.41, 5.74) is 2.26. The monoisotopic (exact) mass is 328 g/mol. The first kappa shape index (κ1) is 15.6. The van der Waals surface area contributed by atoms with Crippen LogP contribution in [0.2, 0.25) is 0 Å². The van der Waals surface area contributed by atoms with Gasteiger partial charge >= 0.3 is 0 Å². The number of aromatic nitrogens is 3. The molecule has 0 bridgehead atoms. The van der Waals surface area contributed by atoms with E-state index in [-0.39, 0.29) is 12.0 Å². The van der Waals surface area contributed by atoms with Crippen LogP contribution in [0.3, 0.4) is 0 Å². The number of rotatable bonds is 6. The van der Waals surface area contributed by atoms with E-state index in [9.17, 15) is 0 Å². The van der Waals surface area contributed by atoms with Crippen molar-refractivity contribution in [1.82, 2.24) is 19.9 Å². The Morgan fingerprint density at radius 3 is 2.75 bits per heavy atom. The standard InChI is InChI=1S/C18H24N4O2/c1-21-11-16(19-20-21)15-10-22(12-18(15)23-2)9-13-5-3-4-6-17(13)24-14-7-8-14/h3-6,11,14-15,18H,7-10,12H2,1-2H3/t15-,18+/m0/s1. The molecule has 6 heteroatoms. The molecule has 128 valence electrons. The zero-order valence-corrected chi connectivity index (χ0v) is 14.3. The molecule has 1 aliphatic heterocycles. The van der Waals surface area contributed by atoms with E-state index in [1.165, 1.54) is 18.4 Å². The lowest BCUT2D eigenvalue weighted by Crippen LogP contribution is -2.23. The first-order chi connectivity index (χ1) is 11.7. The van der Waals surface area contributed by atoms with Crippen molar-refractivity contribution in [2.45, 2.75) is 37.5 Å². The second-order valence-corrected chi connectivity index (χ2v) is 6.82. The summed E-state index contributed by atoms with van der Waals surface area (Å²) in [5, 5.41) is 8.35. The lowest BCUT2D eigenvalue weighted by molar-refractivity contribution is 0.0956. The molecule has 2 heterocycles. The maximum absolute atomic E-state index is 6.05. The maximum atomic E-state index is 6.05. The average Bonchev–Trinajstić information content (AvgIpc) is 3.14. The van der Waals surface area contributed by atoms with Gasteiger partial charge in [-0.1, -0.05) is 23.4 Å². The highest BCUT2D eigenvalue weighted by atomic mass is 16.5. The van der Waals surface area contributed by atoms with Crippen molar-refractivity contribution in [2.75, 3.05) is 20.2 Å². The lowest BCUT2D eigenvalue weighted by atomic mass is 10.0.